The van der Waals surface area contributed by atoms with Crippen molar-refractivity contribution in [3.05, 3.63) is 40.3 Å². The van der Waals surface area contributed by atoms with Gasteiger partial charge in [0.05, 0.1) is 23.5 Å². The summed E-state index contributed by atoms with van der Waals surface area (Å²) in [7, 11) is 0. The Hall–Kier alpha value is -2.78. The van der Waals surface area contributed by atoms with Crippen LogP contribution in [0.25, 0.3) is 11.3 Å². The number of nitrogens with zero attached hydrogens (tertiary/aromatic N) is 3. The molecule has 0 atom stereocenters. The first-order valence-electron chi connectivity index (χ1n) is 9.13. The zero-order valence-corrected chi connectivity index (χ0v) is 16.1. The lowest BCUT2D eigenvalue weighted by molar-refractivity contribution is -0.137. The van der Waals surface area contributed by atoms with Crippen molar-refractivity contribution in [2.75, 3.05) is 25.1 Å². The summed E-state index contributed by atoms with van der Waals surface area (Å²) in [4.78, 5) is 33.1. The van der Waals surface area contributed by atoms with Gasteiger partial charge in [0.15, 0.2) is 0 Å². The van der Waals surface area contributed by atoms with Gasteiger partial charge in [-0.15, -0.1) is 0 Å². The molecule has 1 fully saturated rings. The van der Waals surface area contributed by atoms with E-state index in [0.29, 0.717) is 30.4 Å². The fourth-order valence-electron chi connectivity index (χ4n) is 3.51. The second-order valence-corrected chi connectivity index (χ2v) is 7.37. The minimum Gasteiger partial charge on any atom is -0.480 e. The highest BCUT2D eigenvalue weighted by atomic mass is 35.5. The third-order valence-electron chi connectivity index (χ3n) is 4.96. The first kappa shape index (κ1) is 19.5. The maximum absolute atomic E-state index is 14.7. The molecule has 29 heavy (non-hydrogen) atoms. The maximum atomic E-state index is 14.7. The van der Waals surface area contributed by atoms with E-state index in [0.717, 1.165) is 17.7 Å². The van der Waals surface area contributed by atoms with Gasteiger partial charge in [-0.2, -0.15) is 0 Å². The smallest absolute Gasteiger partial charge is 0.323 e. The molecule has 152 valence electrons. The quantitative estimate of drug-likeness (QED) is 0.765. The zero-order valence-electron chi connectivity index (χ0n) is 15.3. The number of rotatable bonds is 5. The molecule has 0 saturated carbocycles. The van der Waals surface area contributed by atoms with Crippen LogP contribution in [-0.2, 0) is 16.1 Å². The minimum absolute atomic E-state index is 0.0827. The number of aliphatic carboxylic acids is 1. The van der Waals surface area contributed by atoms with Gasteiger partial charge in [-0.05, 0) is 25.0 Å². The predicted molar refractivity (Wildman–Crippen MR) is 102 cm³/mol. The largest absolute Gasteiger partial charge is 0.480 e. The van der Waals surface area contributed by atoms with Gasteiger partial charge in [-0.25, -0.2) is 14.4 Å². The third-order valence-corrected chi connectivity index (χ3v) is 5.24. The highest BCUT2D eigenvalue weighted by molar-refractivity contribution is 6.33. The fraction of sp³-hybridized carbons (Fsp3) is 0.368. The van der Waals surface area contributed by atoms with Crippen molar-refractivity contribution in [2.45, 2.75) is 25.4 Å². The van der Waals surface area contributed by atoms with Crippen LogP contribution in [-0.4, -0.2) is 57.7 Å². The van der Waals surface area contributed by atoms with Gasteiger partial charge >= 0.3 is 5.97 Å². The van der Waals surface area contributed by atoms with Crippen molar-refractivity contribution >= 4 is 29.4 Å². The van der Waals surface area contributed by atoms with Gasteiger partial charge in [0.1, 0.15) is 12.4 Å². The van der Waals surface area contributed by atoms with Crippen LogP contribution >= 0.6 is 11.6 Å². The molecule has 3 heterocycles. The van der Waals surface area contributed by atoms with Crippen LogP contribution < -0.4 is 5.32 Å². The van der Waals surface area contributed by atoms with E-state index in [2.05, 4.69) is 15.3 Å². The minimum atomic E-state index is -1.16. The van der Waals surface area contributed by atoms with Crippen molar-refractivity contribution < 1.29 is 23.8 Å². The zero-order chi connectivity index (χ0) is 20.5. The number of ether oxygens (including phenoxy) is 1. The SMILES string of the molecule is O=C(O)CN1Cc2c(F)cc(-c3nc(NC4CCOCC4)ncc3Cl)cc2C1=O. The van der Waals surface area contributed by atoms with E-state index in [9.17, 15) is 14.0 Å². The molecule has 2 aliphatic heterocycles. The number of carbonyl (C=O) groups excluding carboxylic acids is 1. The molecule has 0 unspecified atom stereocenters. The molecule has 0 spiro atoms. The molecule has 0 radical (unpaired) electrons. The van der Waals surface area contributed by atoms with Crippen LogP contribution in [0.15, 0.2) is 18.3 Å². The van der Waals surface area contributed by atoms with E-state index in [-0.39, 0.29) is 28.7 Å². The maximum Gasteiger partial charge on any atom is 0.323 e. The molecule has 8 nitrogen and oxygen atoms in total. The van der Waals surface area contributed by atoms with E-state index >= 15 is 0 Å². The number of nitrogens with one attached hydrogen (secondary N) is 1. The molecule has 1 saturated heterocycles. The lowest BCUT2D eigenvalue weighted by Crippen LogP contribution is -2.29. The Bertz CT molecular complexity index is 981. The second-order valence-electron chi connectivity index (χ2n) is 6.96. The van der Waals surface area contributed by atoms with Crippen LogP contribution in [0.2, 0.25) is 5.02 Å². The fourth-order valence-corrected chi connectivity index (χ4v) is 3.71. The highest BCUT2D eigenvalue weighted by Gasteiger charge is 2.32. The lowest BCUT2D eigenvalue weighted by Gasteiger charge is -2.23. The van der Waals surface area contributed by atoms with Crippen LogP contribution in [0.5, 0.6) is 0 Å². The molecular formula is C19H18ClFN4O4. The summed E-state index contributed by atoms with van der Waals surface area (Å²) in [6.07, 6.45) is 3.07. The summed E-state index contributed by atoms with van der Waals surface area (Å²) >= 11 is 6.24. The van der Waals surface area contributed by atoms with Gasteiger partial charge in [0, 0.05) is 35.9 Å². The van der Waals surface area contributed by atoms with Crippen molar-refractivity contribution in [3.63, 3.8) is 0 Å². The number of aromatic nitrogens is 2. The molecule has 1 aromatic carbocycles. The van der Waals surface area contributed by atoms with Crippen molar-refractivity contribution in [2.24, 2.45) is 0 Å². The number of anilines is 1. The van der Waals surface area contributed by atoms with Gasteiger partial charge < -0.3 is 20.1 Å². The van der Waals surface area contributed by atoms with Crippen LogP contribution in [0.4, 0.5) is 10.3 Å². The summed E-state index contributed by atoms with van der Waals surface area (Å²) in [6, 6.07) is 2.92. The lowest BCUT2D eigenvalue weighted by atomic mass is 10.0. The summed E-state index contributed by atoms with van der Waals surface area (Å²) in [5.74, 6) is -1.94. The van der Waals surface area contributed by atoms with Crippen LogP contribution in [0.3, 0.4) is 0 Å². The molecule has 4 rings (SSSR count). The van der Waals surface area contributed by atoms with Crippen molar-refractivity contribution in [3.8, 4) is 11.3 Å². The van der Waals surface area contributed by atoms with E-state index < -0.39 is 24.2 Å². The first-order chi connectivity index (χ1) is 13.9. The number of hydrogen-bond acceptors (Lipinski definition) is 6. The van der Waals surface area contributed by atoms with E-state index in [1.165, 1.54) is 18.3 Å². The van der Waals surface area contributed by atoms with Gasteiger partial charge in [-0.1, -0.05) is 11.6 Å². The van der Waals surface area contributed by atoms with Crippen LogP contribution in [0.1, 0.15) is 28.8 Å². The number of carboxylic acid groups (broad SMARTS) is 1. The number of hydrogen-bond donors (Lipinski definition) is 2. The Morgan fingerprint density at radius 2 is 2.14 bits per heavy atom. The molecule has 1 amide bonds. The molecular weight excluding hydrogens is 403 g/mol. The number of fused-ring (bicyclic) bond motifs is 1. The highest BCUT2D eigenvalue weighted by Crippen LogP contribution is 2.33. The summed E-state index contributed by atoms with van der Waals surface area (Å²) in [6.45, 7) is 0.739. The van der Waals surface area contributed by atoms with Crippen molar-refractivity contribution in [1.29, 1.82) is 0 Å². The topological polar surface area (TPSA) is 105 Å². The Kier molecular flexibility index (Phi) is 5.33. The van der Waals surface area contributed by atoms with Gasteiger partial charge in [-0.3, -0.25) is 9.59 Å². The van der Waals surface area contributed by atoms with Crippen molar-refractivity contribution in [1.82, 2.24) is 14.9 Å². The molecule has 2 aliphatic rings. The normalized spacial score (nSPS) is 16.8. The molecule has 1 aromatic heterocycles. The molecule has 2 aromatic rings. The Morgan fingerprint density at radius 3 is 2.86 bits per heavy atom. The molecule has 10 heteroatoms. The monoisotopic (exact) mass is 420 g/mol. The molecule has 2 N–H and O–H groups in total. The number of amides is 1. The van der Waals surface area contributed by atoms with E-state index in [1.54, 1.807) is 0 Å². The van der Waals surface area contributed by atoms with E-state index in [4.69, 9.17) is 21.4 Å². The predicted octanol–water partition coefficient (Wildman–Crippen LogP) is 2.57. The van der Waals surface area contributed by atoms with Gasteiger partial charge in [0.25, 0.3) is 5.91 Å². The summed E-state index contributed by atoms with van der Waals surface area (Å²) in [5.41, 5.74) is 0.914. The Balaban J connectivity index is 1.65. The number of carbonyl (C=O) groups is 2. The number of carboxylic acids is 1. The Labute approximate surface area is 170 Å². The third kappa shape index (κ3) is 4.01. The summed E-state index contributed by atoms with van der Waals surface area (Å²) < 4.78 is 20.0. The summed E-state index contributed by atoms with van der Waals surface area (Å²) in [5, 5.41) is 12.4. The first-order valence-corrected chi connectivity index (χ1v) is 9.51. The Morgan fingerprint density at radius 1 is 1.38 bits per heavy atom. The standard InChI is InChI=1S/C19H18ClFN4O4/c20-14-7-22-19(23-11-1-3-29-4-2-11)24-17(14)10-5-12-13(15(21)6-10)8-25(18(12)28)9-16(26)27/h5-7,11H,1-4,8-9H2,(H,26,27)(H,22,23,24). The number of benzene rings is 1. The van der Waals surface area contributed by atoms with Gasteiger partial charge in [0.2, 0.25) is 5.95 Å². The van der Waals surface area contributed by atoms with Crippen LogP contribution in [0, 0.1) is 5.82 Å². The molecule has 0 bridgehead atoms. The number of halogens is 2. The molecule has 0 aliphatic carbocycles. The second kappa shape index (κ2) is 7.92. The average molecular weight is 421 g/mol. The van der Waals surface area contributed by atoms with E-state index in [1.807, 2.05) is 0 Å². The average Bonchev–Trinajstić information content (AvgIpc) is 3.00.